The molecule has 2 aliphatic heterocycles. The summed E-state index contributed by atoms with van der Waals surface area (Å²) in [7, 11) is 2.00. The molecule has 1 amide bonds. The van der Waals surface area contributed by atoms with Crippen molar-refractivity contribution in [2.45, 2.75) is 32.4 Å². The van der Waals surface area contributed by atoms with Crippen LogP contribution in [0, 0.1) is 0 Å². The van der Waals surface area contributed by atoms with Crippen LogP contribution < -0.4 is 9.47 Å². The second-order valence-corrected chi connectivity index (χ2v) is 8.21. The first-order valence-electron chi connectivity index (χ1n) is 9.58. The third-order valence-electron chi connectivity index (χ3n) is 5.27. The number of benzene rings is 1. The molecule has 0 radical (unpaired) electrons. The van der Waals surface area contributed by atoms with E-state index in [0.29, 0.717) is 26.3 Å². The van der Waals surface area contributed by atoms with Crippen molar-refractivity contribution in [3.63, 3.8) is 0 Å². The zero-order valence-corrected chi connectivity index (χ0v) is 16.8. The van der Waals surface area contributed by atoms with Crippen molar-refractivity contribution >= 4 is 17.2 Å². The van der Waals surface area contributed by atoms with Gasteiger partial charge in [-0.05, 0) is 54.6 Å². The lowest BCUT2D eigenvalue weighted by Gasteiger charge is -2.36. The molecule has 0 saturated heterocycles. The van der Waals surface area contributed by atoms with Crippen LogP contribution in [0.25, 0.3) is 0 Å². The number of carbonyl (C=O) groups excluding carboxylic acids is 1. The molecule has 3 heterocycles. The Morgan fingerprint density at radius 2 is 2.07 bits per heavy atom. The molecular formula is C21H26N2O3S. The van der Waals surface area contributed by atoms with Crippen molar-refractivity contribution in [2.75, 3.05) is 33.4 Å². The van der Waals surface area contributed by atoms with Gasteiger partial charge in [0.1, 0.15) is 13.2 Å². The summed E-state index contributed by atoms with van der Waals surface area (Å²) in [5.41, 5.74) is 2.47. The van der Waals surface area contributed by atoms with Crippen molar-refractivity contribution in [1.29, 1.82) is 0 Å². The standard InChI is InChI=1S/C21H26N2O3S/c1-3-17-16-7-11-27-20(16)6-8-23(17)21(24)14-22(2)13-15-4-5-18-19(12-15)26-10-9-25-18/h4-5,7,11-12,17H,3,6,8-10,13-14H2,1-2H3. The van der Waals surface area contributed by atoms with Gasteiger partial charge in [0.05, 0.1) is 12.6 Å². The Kier molecular flexibility index (Phi) is 5.36. The Balaban J connectivity index is 1.39. The van der Waals surface area contributed by atoms with Gasteiger partial charge in [0, 0.05) is 18.0 Å². The van der Waals surface area contributed by atoms with Crippen molar-refractivity contribution in [2.24, 2.45) is 0 Å². The highest BCUT2D eigenvalue weighted by atomic mass is 32.1. The minimum atomic E-state index is 0.207. The van der Waals surface area contributed by atoms with E-state index >= 15 is 0 Å². The van der Waals surface area contributed by atoms with E-state index in [2.05, 4.69) is 28.2 Å². The number of likely N-dealkylation sites (N-methyl/N-ethyl adjacent to an activating group) is 1. The number of fused-ring (bicyclic) bond motifs is 2. The van der Waals surface area contributed by atoms with Gasteiger partial charge in [-0.1, -0.05) is 13.0 Å². The number of hydrogen-bond donors (Lipinski definition) is 0. The number of rotatable bonds is 5. The Labute approximate surface area is 164 Å². The molecule has 0 N–H and O–H groups in total. The van der Waals surface area contributed by atoms with E-state index in [1.165, 1.54) is 10.4 Å². The van der Waals surface area contributed by atoms with Crippen LogP contribution in [0.2, 0.25) is 0 Å². The first-order chi connectivity index (χ1) is 13.2. The van der Waals surface area contributed by atoms with E-state index in [0.717, 1.165) is 36.4 Å². The summed E-state index contributed by atoms with van der Waals surface area (Å²) in [6.07, 6.45) is 1.93. The SMILES string of the molecule is CCC1c2ccsc2CCN1C(=O)CN(C)Cc1ccc2c(c1)OCCO2. The zero-order chi connectivity index (χ0) is 18.8. The third-order valence-corrected chi connectivity index (χ3v) is 6.26. The van der Waals surface area contributed by atoms with Crippen LogP contribution in [-0.4, -0.2) is 49.1 Å². The van der Waals surface area contributed by atoms with Crippen LogP contribution >= 0.6 is 11.3 Å². The molecule has 0 fully saturated rings. The Bertz CT molecular complexity index is 820. The third kappa shape index (κ3) is 3.82. The molecule has 5 nitrogen and oxygen atoms in total. The maximum absolute atomic E-state index is 13.0. The summed E-state index contributed by atoms with van der Waals surface area (Å²) in [6, 6.07) is 8.42. The fourth-order valence-electron chi connectivity index (χ4n) is 4.01. The van der Waals surface area contributed by atoms with Crippen LogP contribution in [0.1, 0.15) is 35.4 Å². The van der Waals surface area contributed by atoms with Gasteiger partial charge < -0.3 is 14.4 Å². The molecule has 0 spiro atoms. The highest BCUT2D eigenvalue weighted by molar-refractivity contribution is 7.10. The van der Waals surface area contributed by atoms with Crippen LogP contribution in [-0.2, 0) is 17.8 Å². The summed E-state index contributed by atoms with van der Waals surface area (Å²) in [4.78, 5) is 18.6. The predicted molar refractivity (Wildman–Crippen MR) is 107 cm³/mol. The molecule has 4 rings (SSSR count). The molecule has 144 valence electrons. The Morgan fingerprint density at radius 3 is 2.89 bits per heavy atom. The van der Waals surface area contributed by atoms with E-state index in [9.17, 15) is 4.79 Å². The van der Waals surface area contributed by atoms with Crippen molar-refractivity contribution in [1.82, 2.24) is 9.80 Å². The van der Waals surface area contributed by atoms with E-state index < -0.39 is 0 Å². The molecule has 2 aromatic rings. The molecule has 0 saturated carbocycles. The topological polar surface area (TPSA) is 42.0 Å². The highest BCUT2D eigenvalue weighted by Crippen LogP contribution is 2.35. The average molecular weight is 387 g/mol. The molecular weight excluding hydrogens is 360 g/mol. The van der Waals surface area contributed by atoms with Gasteiger partial charge in [-0.3, -0.25) is 9.69 Å². The van der Waals surface area contributed by atoms with Gasteiger partial charge in [-0.15, -0.1) is 11.3 Å². The minimum Gasteiger partial charge on any atom is -0.486 e. The molecule has 1 atom stereocenters. The lowest BCUT2D eigenvalue weighted by molar-refractivity contribution is -0.135. The summed E-state index contributed by atoms with van der Waals surface area (Å²) >= 11 is 1.81. The summed E-state index contributed by atoms with van der Waals surface area (Å²) in [5.74, 6) is 1.80. The van der Waals surface area contributed by atoms with Crippen molar-refractivity contribution in [3.05, 3.63) is 45.6 Å². The molecule has 6 heteroatoms. The van der Waals surface area contributed by atoms with Gasteiger partial charge in [-0.2, -0.15) is 0 Å². The summed E-state index contributed by atoms with van der Waals surface area (Å²) < 4.78 is 11.2. The smallest absolute Gasteiger partial charge is 0.237 e. The van der Waals surface area contributed by atoms with Crippen molar-refractivity contribution < 1.29 is 14.3 Å². The molecule has 1 unspecified atom stereocenters. The average Bonchev–Trinajstić information content (AvgIpc) is 3.15. The molecule has 1 aromatic heterocycles. The summed E-state index contributed by atoms with van der Waals surface area (Å²) in [5, 5.41) is 2.15. The fraction of sp³-hybridized carbons (Fsp3) is 0.476. The van der Waals surface area contributed by atoms with Crippen LogP contribution in [0.15, 0.2) is 29.6 Å². The molecule has 1 aromatic carbocycles. The van der Waals surface area contributed by atoms with Gasteiger partial charge in [0.25, 0.3) is 0 Å². The van der Waals surface area contributed by atoms with E-state index in [1.807, 2.05) is 36.6 Å². The number of carbonyl (C=O) groups is 1. The number of hydrogen-bond acceptors (Lipinski definition) is 5. The number of thiophene rings is 1. The monoisotopic (exact) mass is 386 g/mol. The van der Waals surface area contributed by atoms with Crippen LogP contribution in [0.3, 0.4) is 0 Å². The van der Waals surface area contributed by atoms with Gasteiger partial charge in [0.15, 0.2) is 11.5 Å². The first-order valence-corrected chi connectivity index (χ1v) is 10.5. The summed E-state index contributed by atoms with van der Waals surface area (Å²) in [6.45, 7) is 5.30. The lowest BCUT2D eigenvalue weighted by Crippen LogP contribution is -2.44. The van der Waals surface area contributed by atoms with E-state index in [1.54, 1.807) is 0 Å². The van der Waals surface area contributed by atoms with Crippen LogP contribution in [0.5, 0.6) is 11.5 Å². The van der Waals surface area contributed by atoms with E-state index in [4.69, 9.17) is 9.47 Å². The largest absolute Gasteiger partial charge is 0.486 e. The Hall–Kier alpha value is -2.05. The Morgan fingerprint density at radius 1 is 1.26 bits per heavy atom. The van der Waals surface area contributed by atoms with Crippen LogP contribution in [0.4, 0.5) is 0 Å². The number of ether oxygens (including phenoxy) is 2. The van der Waals surface area contributed by atoms with Gasteiger partial charge in [-0.25, -0.2) is 0 Å². The number of nitrogens with zero attached hydrogens (tertiary/aromatic N) is 2. The highest BCUT2D eigenvalue weighted by Gasteiger charge is 2.30. The van der Waals surface area contributed by atoms with Crippen molar-refractivity contribution in [3.8, 4) is 11.5 Å². The maximum atomic E-state index is 13.0. The maximum Gasteiger partial charge on any atom is 0.237 e. The second kappa shape index (κ2) is 7.90. The minimum absolute atomic E-state index is 0.207. The molecule has 2 aliphatic rings. The molecule has 0 bridgehead atoms. The van der Waals surface area contributed by atoms with Gasteiger partial charge >= 0.3 is 0 Å². The quantitative estimate of drug-likeness (QED) is 0.789. The normalized spacial score (nSPS) is 18.5. The number of amides is 1. The van der Waals surface area contributed by atoms with E-state index in [-0.39, 0.29) is 11.9 Å². The predicted octanol–water partition coefficient (Wildman–Crippen LogP) is 3.49. The fourth-order valence-corrected chi connectivity index (χ4v) is 4.94. The lowest BCUT2D eigenvalue weighted by atomic mass is 9.97. The zero-order valence-electron chi connectivity index (χ0n) is 15.9. The molecule has 0 aliphatic carbocycles. The van der Waals surface area contributed by atoms with Gasteiger partial charge in [0.2, 0.25) is 5.91 Å². The first kappa shape index (κ1) is 18.3. The second-order valence-electron chi connectivity index (χ2n) is 7.21. The molecule has 27 heavy (non-hydrogen) atoms.